The zero-order chi connectivity index (χ0) is 13.4. The number of aliphatic hydroxyl groups excluding tert-OH is 1. The minimum absolute atomic E-state index is 0.0681. The molecule has 0 saturated heterocycles. The monoisotopic (exact) mass is 317 g/mol. The summed E-state index contributed by atoms with van der Waals surface area (Å²) in [5.41, 5.74) is 1.76. The Morgan fingerprint density at radius 3 is 2.83 bits per heavy atom. The first-order valence-electron chi connectivity index (χ1n) is 6.02. The smallest absolute Gasteiger partial charge is 0.123 e. The fourth-order valence-electron chi connectivity index (χ4n) is 1.63. The zero-order valence-electron chi connectivity index (χ0n) is 10.6. The van der Waals surface area contributed by atoms with E-state index in [1.165, 1.54) is 0 Å². The average molecular weight is 318 g/mol. The minimum Gasteiger partial charge on any atom is -0.507 e. The van der Waals surface area contributed by atoms with Crippen molar-refractivity contribution >= 4 is 15.9 Å². The summed E-state index contributed by atoms with van der Waals surface area (Å²) in [6.45, 7) is 4.43. The van der Waals surface area contributed by atoms with Gasteiger partial charge in [-0.25, -0.2) is 0 Å². The number of benzene rings is 1. The van der Waals surface area contributed by atoms with Crippen molar-refractivity contribution in [3.8, 4) is 5.75 Å². The lowest BCUT2D eigenvalue weighted by Gasteiger charge is -2.09. The Morgan fingerprint density at radius 2 is 2.11 bits per heavy atom. The predicted molar refractivity (Wildman–Crippen MR) is 74.8 cm³/mol. The first kappa shape index (κ1) is 15.4. The summed E-state index contributed by atoms with van der Waals surface area (Å²) < 4.78 is 6.12. The molecule has 5 heteroatoms. The van der Waals surface area contributed by atoms with E-state index < -0.39 is 0 Å². The Labute approximate surface area is 116 Å². The Hall–Kier alpha value is -0.620. The quantitative estimate of drug-likeness (QED) is 0.641. The number of aliphatic hydroxyl groups is 1. The first-order chi connectivity index (χ1) is 8.65. The maximum atomic E-state index is 9.88. The molecule has 1 aromatic rings. The maximum Gasteiger partial charge on any atom is 0.123 e. The number of hydrogen-bond acceptors (Lipinski definition) is 4. The first-order valence-corrected chi connectivity index (χ1v) is 6.81. The van der Waals surface area contributed by atoms with Gasteiger partial charge in [0.2, 0.25) is 0 Å². The predicted octanol–water partition coefficient (Wildman–Crippen LogP) is 1.95. The van der Waals surface area contributed by atoms with Crippen LogP contribution in [0.15, 0.2) is 16.6 Å². The lowest BCUT2D eigenvalue weighted by molar-refractivity contribution is 0.0907. The second-order valence-electron chi connectivity index (χ2n) is 4.10. The Kier molecular flexibility index (Phi) is 7.27. The molecule has 3 N–H and O–H groups in total. The average Bonchev–Trinajstić information content (AvgIpc) is 2.33. The lowest BCUT2D eigenvalue weighted by Crippen LogP contribution is -2.17. The van der Waals surface area contributed by atoms with Crippen LogP contribution in [0.3, 0.4) is 0 Å². The van der Waals surface area contributed by atoms with Gasteiger partial charge in [-0.3, -0.25) is 0 Å². The van der Waals surface area contributed by atoms with E-state index in [9.17, 15) is 5.11 Å². The summed E-state index contributed by atoms with van der Waals surface area (Å²) >= 11 is 3.42. The van der Waals surface area contributed by atoms with Crippen LogP contribution in [0.1, 0.15) is 17.5 Å². The molecular formula is C13H20BrNO3. The van der Waals surface area contributed by atoms with E-state index >= 15 is 0 Å². The normalized spacial score (nSPS) is 10.8. The summed E-state index contributed by atoms with van der Waals surface area (Å²) in [6, 6.07) is 3.80. The Morgan fingerprint density at radius 1 is 1.33 bits per heavy atom. The number of aryl methyl sites for hydroxylation is 1. The fraction of sp³-hybridized carbons (Fsp3) is 0.538. The van der Waals surface area contributed by atoms with E-state index in [4.69, 9.17) is 9.84 Å². The largest absolute Gasteiger partial charge is 0.507 e. The van der Waals surface area contributed by atoms with Gasteiger partial charge in [0.25, 0.3) is 0 Å². The van der Waals surface area contributed by atoms with Crippen molar-refractivity contribution in [3.05, 3.63) is 27.7 Å². The number of phenols is 1. The van der Waals surface area contributed by atoms with E-state index in [1.807, 2.05) is 19.1 Å². The highest BCUT2D eigenvalue weighted by molar-refractivity contribution is 9.10. The number of aromatic hydroxyl groups is 1. The van der Waals surface area contributed by atoms with E-state index in [0.717, 1.165) is 28.6 Å². The van der Waals surface area contributed by atoms with E-state index in [-0.39, 0.29) is 6.61 Å². The Bertz CT molecular complexity index is 371. The molecule has 0 heterocycles. The highest BCUT2D eigenvalue weighted by Crippen LogP contribution is 2.26. The van der Waals surface area contributed by atoms with Crippen LogP contribution < -0.4 is 5.32 Å². The molecule has 0 bridgehead atoms. The fourth-order valence-corrected chi connectivity index (χ4v) is 2.25. The second kappa shape index (κ2) is 8.48. The van der Waals surface area contributed by atoms with Crippen molar-refractivity contribution in [2.75, 3.05) is 26.4 Å². The molecule has 0 amide bonds. The second-order valence-corrected chi connectivity index (χ2v) is 5.01. The molecule has 0 aromatic heterocycles. The van der Waals surface area contributed by atoms with Crippen LogP contribution in [-0.4, -0.2) is 36.6 Å². The van der Waals surface area contributed by atoms with Crippen LogP contribution in [0, 0.1) is 6.92 Å². The molecule has 18 heavy (non-hydrogen) atoms. The van der Waals surface area contributed by atoms with Gasteiger partial charge in [-0.2, -0.15) is 0 Å². The third-order valence-electron chi connectivity index (χ3n) is 2.54. The van der Waals surface area contributed by atoms with Crippen LogP contribution in [0.5, 0.6) is 5.75 Å². The maximum absolute atomic E-state index is 9.88. The Balaban J connectivity index is 2.27. The lowest BCUT2D eigenvalue weighted by atomic mass is 10.1. The van der Waals surface area contributed by atoms with Gasteiger partial charge in [0.15, 0.2) is 0 Å². The van der Waals surface area contributed by atoms with Gasteiger partial charge in [0.1, 0.15) is 5.75 Å². The molecule has 102 valence electrons. The molecular weight excluding hydrogens is 298 g/mol. The number of nitrogens with one attached hydrogen (secondary N) is 1. The number of halogens is 1. The van der Waals surface area contributed by atoms with Crippen LogP contribution in [0.4, 0.5) is 0 Å². The summed E-state index contributed by atoms with van der Waals surface area (Å²) in [4.78, 5) is 0. The molecule has 0 aliphatic carbocycles. The third kappa shape index (κ3) is 5.35. The van der Waals surface area contributed by atoms with E-state index in [2.05, 4.69) is 21.2 Å². The summed E-state index contributed by atoms with van der Waals surface area (Å²) in [5, 5.41) is 21.7. The van der Waals surface area contributed by atoms with E-state index in [0.29, 0.717) is 25.5 Å². The van der Waals surface area contributed by atoms with Crippen LogP contribution >= 0.6 is 15.9 Å². The molecule has 0 saturated carbocycles. The van der Waals surface area contributed by atoms with Gasteiger partial charge in [-0.05, 0) is 37.6 Å². The highest BCUT2D eigenvalue weighted by Gasteiger charge is 2.05. The number of ether oxygens (including phenoxy) is 1. The summed E-state index contributed by atoms with van der Waals surface area (Å²) in [6.07, 6.45) is 0.883. The standard InChI is InChI=1S/C13H20BrNO3/c1-10-7-12(14)8-11(13(10)17)9-15-3-2-5-18-6-4-16/h7-8,15-17H,2-6,9H2,1H3. The topological polar surface area (TPSA) is 61.7 Å². The minimum atomic E-state index is 0.0681. The third-order valence-corrected chi connectivity index (χ3v) is 3.00. The molecule has 1 aromatic carbocycles. The van der Waals surface area contributed by atoms with Gasteiger partial charge in [-0.1, -0.05) is 15.9 Å². The van der Waals surface area contributed by atoms with Gasteiger partial charge in [-0.15, -0.1) is 0 Å². The van der Waals surface area contributed by atoms with Gasteiger partial charge in [0.05, 0.1) is 13.2 Å². The zero-order valence-corrected chi connectivity index (χ0v) is 12.2. The molecule has 0 radical (unpaired) electrons. The van der Waals surface area contributed by atoms with E-state index in [1.54, 1.807) is 0 Å². The van der Waals surface area contributed by atoms with Crippen LogP contribution in [-0.2, 0) is 11.3 Å². The molecule has 0 fully saturated rings. The molecule has 0 aliphatic heterocycles. The van der Waals surface area contributed by atoms with Crippen molar-refractivity contribution in [3.63, 3.8) is 0 Å². The molecule has 0 atom stereocenters. The number of hydrogen-bond donors (Lipinski definition) is 3. The van der Waals surface area contributed by atoms with Gasteiger partial charge in [0, 0.05) is 23.2 Å². The van der Waals surface area contributed by atoms with Crippen molar-refractivity contribution in [1.82, 2.24) is 5.32 Å². The summed E-state index contributed by atoms with van der Waals surface area (Å²) in [7, 11) is 0. The molecule has 0 spiro atoms. The van der Waals surface area contributed by atoms with Gasteiger partial charge < -0.3 is 20.3 Å². The SMILES string of the molecule is Cc1cc(Br)cc(CNCCCOCCO)c1O. The van der Waals surface area contributed by atoms with Crippen molar-refractivity contribution < 1.29 is 14.9 Å². The highest BCUT2D eigenvalue weighted by atomic mass is 79.9. The summed E-state index contributed by atoms with van der Waals surface area (Å²) in [5.74, 6) is 0.349. The van der Waals surface area contributed by atoms with Crippen molar-refractivity contribution in [2.45, 2.75) is 19.9 Å². The van der Waals surface area contributed by atoms with Crippen LogP contribution in [0.25, 0.3) is 0 Å². The van der Waals surface area contributed by atoms with Crippen molar-refractivity contribution in [2.24, 2.45) is 0 Å². The molecule has 1 rings (SSSR count). The van der Waals surface area contributed by atoms with Crippen LogP contribution in [0.2, 0.25) is 0 Å². The van der Waals surface area contributed by atoms with Crippen molar-refractivity contribution in [1.29, 1.82) is 0 Å². The number of phenolic OH excluding ortho intramolecular Hbond substituents is 1. The molecule has 4 nitrogen and oxygen atoms in total. The molecule has 0 unspecified atom stereocenters. The van der Waals surface area contributed by atoms with Gasteiger partial charge >= 0.3 is 0 Å². The molecule has 0 aliphatic rings. The number of rotatable bonds is 8.